The summed E-state index contributed by atoms with van der Waals surface area (Å²) in [7, 11) is 3.81. The summed E-state index contributed by atoms with van der Waals surface area (Å²) in [5.74, 6) is -10.3. The number of hydrogen-bond acceptors (Lipinski definition) is 8. The number of rotatable bonds is 6. The van der Waals surface area contributed by atoms with Gasteiger partial charge in [0.2, 0.25) is 6.10 Å². The van der Waals surface area contributed by atoms with E-state index < -0.39 is 40.8 Å². The van der Waals surface area contributed by atoms with E-state index in [2.05, 4.69) is 4.74 Å². The lowest BCUT2D eigenvalue weighted by atomic mass is 10.1. The van der Waals surface area contributed by atoms with Gasteiger partial charge in [0.25, 0.3) is 0 Å². The largest absolute Gasteiger partial charge is 0.481 e. The van der Waals surface area contributed by atoms with Crippen LogP contribution in [0.15, 0.2) is 0 Å². The van der Waals surface area contributed by atoms with Crippen molar-refractivity contribution >= 4 is 11.9 Å². The number of nitrogens with zero attached hydrogens (tertiary/aromatic N) is 1. The number of hydrogen-bond donors (Lipinski definition) is 6. The summed E-state index contributed by atoms with van der Waals surface area (Å²) >= 11 is 0. The van der Waals surface area contributed by atoms with Crippen LogP contribution in [0.5, 0.6) is 0 Å². The molecule has 10 nitrogen and oxygen atoms in total. The number of aliphatic carboxylic acids is 1. The van der Waals surface area contributed by atoms with Gasteiger partial charge in [-0.1, -0.05) is 0 Å². The molecule has 0 aromatic heterocycles. The quantitative estimate of drug-likeness (QED) is 0.164. The van der Waals surface area contributed by atoms with E-state index in [4.69, 9.17) is 20.4 Å². The molecule has 0 heterocycles. The fourth-order valence-corrected chi connectivity index (χ4v) is 1.06. The van der Waals surface area contributed by atoms with Crippen LogP contribution in [-0.2, 0) is 14.3 Å². The first kappa shape index (κ1) is 17.7. The topological polar surface area (TPSA) is 165 Å². The van der Waals surface area contributed by atoms with E-state index in [1.54, 1.807) is 0 Å². The Morgan fingerprint density at radius 2 is 1.53 bits per heavy atom. The Bertz CT molecular complexity index is 352. The molecule has 0 radical (unpaired) electrons. The molecule has 0 spiro atoms. The first-order valence-corrected chi connectivity index (χ1v) is 5.06. The van der Waals surface area contributed by atoms with Gasteiger partial charge >= 0.3 is 23.8 Å². The number of quaternary nitrogens is 1. The fourth-order valence-electron chi connectivity index (χ4n) is 1.06. The number of aliphatic hydroxyl groups is 5. The van der Waals surface area contributed by atoms with E-state index in [1.807, 2.05) is 0 Å². The summed E-state index contributed by atoms with van der Waals surface area (Å²) in [6.07, 6.45) is -3.06. The SMILES string of the molecule is C[N+](C)(C)C(O)(O)C(CC(=O)O)OC(=O)C(O)(O)O. The van der Waals surface area contributed by atoms with Gasteiger partial charge in [-0.2, -0.15) is 0 Å². The van der Waals surface area contributed by atoms with Crippen LogP contribution in [0.1, 0.15) is 6.42 Å². The number of carbonyl (C=O) groups excluding carboxylic acids is 1. The Morgan fingerprint density at radius 3 is 1.79 bits per heavy atom. The van der Waals surface area contributed by atoms with Gasteiger partial charge in [0.15, 0.2) is 0 Å². The maximum Gasteiger partial charge on any atom is 0.398 e. The van der Waals surface area contributed by atoms with Gasteiger partial charge in [-0.3, -0.25) is 9.28 Å². The normalized spacial score (nSPS) is 14.9. The molecule has 0 aliphatic rings. The number of likely N-dealkylation sites (N-methyl/N-ethyl adjacent to an activating group) is 1. The maximum atomic E-state index is 11.0. The summed E-state index contributed by atoms with van der Waals surface area (Å²) in [6.45, 7) is 0. The zero-order chi connectivity index (χ0) is 15.6. The second-order valence-corrected chi connectivity index (χ2v) is 4.83. The van der Waals surface area contributed by atoms with Gasteiger partial charge in [0.1, 0.15) is 0 Å². The van der Waals surface area contributed by atoms with Crippen LogP contribution in [0.3, 0.4) is 0 Å². The number of carbonyl (C=O) groups is 2. The zero-order valence-electron chi connectivity index (χ0n) is 10.6. The predicted octanol–water partition coefficient (Wildman–Crippen LogP) is -3.65. The maximum absolute atomic E-state index is 11.0. The van der Waals surface area contributed by atoms with Crippen LogP contribution in [-0.4, -0.2) is 86.2 Å². The second-order valence-electron chi connectivity index (χ2n) is 4.83. The smallest absolute Gasteiger partial charge is 0.398 e. The Kier molecular flexibility index (Phi) is 5.00. The van der Waals surface area contributed by atoms with Crippen LogP contribution in [0.25, 0.3) is 0 Å². The summed E-state index contributed by atoms with van der Waals surface area (Å²) in [6, 6.07) is 0. The molecule has 0 aliphatic heterocycles. The minimum Gasteiger partial charge on any atom is -0.481 e. The molecule has 1 unspecified atom stereocenters. The Balaban J connectivity index is 5.25. The van der Waals surface area contributed by atoms with Crippen molar-refractivity contribution < 1.29 is 49.4 Å². The van der Waals surface area contributed by atoms with Gasteiger partial charge in [0.05, 0.1) is 27.6 Å². The second kappa shape index (κ2) is 5.36. The highest BCUT2D eigenvalue weighted by Crippen LogP contribution is 2.23. The summed E-state index contributed by atoms with van der Waals surface area (Å²) in [4.78, 5) is 21.6. The van der Waals surface area contributed by atoms with E-state index >= 15 is 0 Å². The Morgan fingerprint density at radius 1 is 1.11 bits per heavy atom. The minimum absolute atomic E-state index is 0.631. The monoisotopic (exact) mass is 284 g/mol. The molecule has 0 aliphatic carbocycles. The number of ether oxygens (including phenoxy) is 1. The van der Waals surface area contributed by atoms with Crippen LogP contribution >= 0.6 is 0 Å². The van der Waals surface area contributed by atoms with Crippen molar-refractivity contribution in [2.75, 3.05) is 21.1 Å². The molecule has 0 rings (SSSR count). The molecule has 6 N–H and O–H groups in total. The van der Waals surface area contributed by atoms with Gasteiger partial charge in [-0.25, -0.2) is 4.79 Å². The average Bonchev–Trinajstić information content (AvgIpc) is 2.12. The zero-order valence-corrected chi connectivity index (χ0v) is 10.6. The molecule has 0 saturated heterocycles. The third kappa shape index (κ3) is 4.70. The number of carboxylic acid groups (broad SMARTS) is 1. The van der Waals surface area contributed by atoms with Crippen LogP contribution in [0.4, 0.5) is 0 Å². The first-order chi connectivity index (χ1) is 8.19. The summed E-state index contributed by atoms with van der Waals surface area (Å²) < 4.78 is 3.60. The highest BCUT2D eigenvalue weighted by molar-refractivity contribution is 5.76. The molecular weight excluding hydrogens is 266 g/mol. The predicted molar refractivity (Wildman–Crippen MR) is 56.7 cm³/mol. The minimum atomic E-state index is -3.86. The number of carboxylic acids is 1. The van der Waals surface area contributed by atoms with Gasteiger partial charge in [-0.15, -0.1) is 0 Å². The van der Waals surface area contributed by atoms with E-state index in [-0.39, 0.29) is 0 Å². The van der Waals surface area contributed by atoms with Crippen LogP contribution in [0.2, 0.25) is 0 Å². The Labute approximate surface area is 108 Å². The van der Waals surface area contributed by atoms with Crippen molar-refractivity contribution in [2.45, 2.75) is 24.4 Å². The molecule has 10 heteroatoms. The lowest BCUT2D eigenvalue weighted by Gasteiger charge is -2.40. The van der Waals surface area contributed by atoms with E-state index in [0.717, 1.165) is 0 Å². The standard InChI is InChI=1S/C9H17NO9/c1-10(2,3)8(14,15)5(4-6(11)12)19-7(13)9(16,17)18/h5,14-18H,4H2,1-3H3/p+1. The molecule has 1 atom stereocenters. The van der Waals surface area contributed by atoms with Gasteiger partial charge in [-0.05, 0) is 0 Å². The Hall–Kier alpha value is -1.30. The van der Waals surface area contributed by atoms with Crippen molar-refractivity contribution in [1.82, 2.24) is 0 Å². The lowest BCUT2D eigenvalue weighted by Crippen LogP contribution is -2.65. The molecule has 0 fully saturated rings. The fraction of sp³-hybridized carbons (Fsp3) is 0.778. The molecule has 0 saturated carbocycles. The van der Waals surface area contributed by atoms with Crippen LogP contribution in [0, 0.1) is 0 Å². The molecule has 0 bridgehead atoms. The van der Waals surface area contributed by atoms with E-state index in [9.17, 15) is 19.8 Å². The van der Waals surface area contributed by atoms with E-state index in [0.29, 0.717) is 0 Å². The molecule has 0 aromatic rings. The van der Waals surface area contributed by atoms with Gasteiger partial charge in [0, 0.05) is 0 Å². The van der Waals surface area contributed by atoms with Crippen LogP contribution < -0.4 is 0 Å². The van der Waals surface area contributed by atoms with Crippen molar-refractivity contribution in [3.05, 3.63) is 0 Å². The van der Waals surface area contributed by atoms with Crippen molar-refractivity contribution in [1.29, 1.82) is 0 Å². The number of esters is 1. The highest BCUT2D eigenvalue weighted by atomic mass is 16.7. The first-order valence-electron chi connectivity index (χ1n) is 5.06. The lowest BCUT2D eigenvalue weighted by molar-refractivity contribution is -0.983. The molecule has 0 aromatic carbocycles. The third-order valence-corrected chi connectivity index (χ3v) is 2.30. The highest BCUT2D eigenvalue weighted by Gasteiger charge is 2.52. The average molecular weight is 284 g/mol. The van der Waals surface area contributed by atoms with Crippen molar-refractivity contribution in [3.8, 4) is 0 Å². The van der Waals surface area contributed by atoms with Crippen molar-refractivity contribution in [2.24, 2.45) is 0 Å². The third-order valence-electron chi connectivity index (χ3n) is 2.30. The molecule has 0 amide bonds. The van der Waals surface area contributed by atoms with E-state index in [1.165, 1.54) is 21.1 Å². The molecule has 112 valence electrons. The van der Waals surface area contributed by atoms with Crippen molar-refractivity contribution in [3.63, 3.8) is 0 Å². The molecule has 19 heavy (non-hydrogen) atoms. The van der Waals surface area contributed by atoms with Gasteiger partial charge < -0.3 is 35.4 Å². The summed E-state index contributed by atoms with van der Waals surface area (Å²) in [5, 5.41) is 53.9. The molecular formula is C9H18NO9+. The summed E-state index contributed by atoms with van der Waals surface area (Å²) in [5.41, 5.74) is 0.